The summed E-state index contributed by atoms with van der Waals surface area (Å²) >= 11 is 0. The topological polar surface area (TPSA) is 166 Å². The second-order valence-electron chi connectivity index (χ2n) is 9.81. The number of esters is 1. The molecule has 16 nitrogen and oxygen atoms in total. The fourth-order valence-corrected chi connectivity index (χ4v) is 3.47. The fourth-order valence-electron chi connectivity index (χ4n) is 3.47. The standard InChI is InChI=1S/C33H57NO15/c1-30(35)34-31-3-5-32(6-4-31)49-28-27-47-24-23-45-20-19-43-16-15-41-12-11-39-8-7-38-9-10-40-13-14-42-17-18-44-21-22-46-25-26-48-29-33(36)37-2/h3-6H,7-29H2,1-2H3,(H,34,35). The van der Waals surface area contributed by atoms with Gasteiger partial charge in [-0.05, 0) is 24.3 Å². The molecule has 1 N–H and O–H groups in total. The normalized spacial score (nSPS) is 11.1. The van der Waals surface area contributed by atoms with Crippen LogP contribution in [0, 0.1) is 0 Å². The van der Waals surface area contributed by atoms with Gasteiger partial charge in [-0.3, -0.25) is 4.79 Å². The minimum atomic E-state index is -0.411. The third kappa shape index (κ3) is 32.5. The molecule has 0 aliphatic rings. The molecule has 0 fully saturated rings. The van der Waals surface area contributed by atoms with Crippen molar-refractivity contribution in [3.63, 3.8) is 0 Å². The molecule has 49 heavy (non-hydrogen) atoms. The summed E-state index contributed by atoms with van der Waals surface area (Å²) < 4.78 is 69.6. The summed E-state index contributed by atoms with van der Waals surface area (Å²) in [5.41, 5.74) is 0.728. The second-order valence-corrected chi connectivity index (χ2v) is 9.81. The Kier molecular flexibility index (Phi) is 32.1. The SMILES string of the molecule is COC(=O)COCCOCCOCCOCCOCCOCCOCCOCCOCCOCCOCCOc1ccc(NC(C)=O)cc1. The van der Waals surface area contributed by atoms with Gasteiger partial charge >= 0.3 is 5.97 Å². The molecule has 0 radical (unpaired) electrons. The van der Waals surface area contributed by atoms with E-state index in [9.17, 15) is 9.59 Å². The molecule has 0 heterocycles. The van der Waals surface area contributed by atoms with Crippen LogP contribution in [0.2, 0.25) is 0 Å². The molecule has 0 unspecified atom stereocenters. The molecule has 1 aromatic carbocycles. The Morgan fingerprint density at radius 1 is 0.449 bits per heavy atom. The zero-order chi connectivity index (χ0) is 35.3. The number of benzene rings is 1. The van der Waals surface area contributed by atoms with Crippen LogP contribution < -0.4 is 10.1 Å². The van der Waals surface area contributed by atoms with Crippen LogP contribution in [0.3, 0.4) is 0 Å². The van der Waals surface area contributed by atoms with Crippen LogP contribution in [-0.2, 0) is 66.4 Å². The maximum Gasteiger partial charge on any atom is 0.331 e. The van der Waals surface area contributed by atoms with Gasteiger partial charge in [0.05, 0.1) is 146 Å². The summed E-state index contributed by atoms with van der Waals surface area (Å²) in [5.74, 6) is 0.189. The van der Waals surface area contributed by atoms with Crippen molar-refractivity contribution in [1.29, 1.82) is 0 Å². The van der Waals surface area contributed by atoms with Gasteiger partial charge in [-0.15, -0.1) is 0 Å². The first-order valence-corrected chi connectivity index (χ1v) is 16.5. The average Bonchev–Trinajstić information content (AvgIpc) is 3.10. The largest absolute Gasteiger partial charge is 0.491 e. The molecule has 0 bridgehead atoms. The zero-order valence-corrected chi connectivity index (χ0v) is 29.2. The van der Waals surface area contributed by atoms with Crippen molar-refractivity contribution in [2.24, 2.45) is 0 Å². The van der Waals surface area contributed by atoms with Crippen molar-refractivity contribution in [3.05, 3.63) is 24.3 Å². The van der Waals surface area contributed by atoms with Crippen LogP contribution in [0.4, 0.5) is 5.69 Å². The van der Waals surface area contributed by atoms with E-state index >= 15 is 0 Å². The first-order chi connectivity index (χ1) is 24.1. The Morgan fingerprint density at radius 3 is 1.02 bits per heavy atom. The molecule has 0 saturated heterocycles. The predicted molar refractivity (Wildman–Crippen MR) is 177 cm³/mol. The van der Waals surface area contributed by atoms with E-state index in [1.54, 1.807) is 24.3 Å². The molecule has 1 aromatic rings. The van der Waals surface area contributed by atoms with Gasteiger partial charge < -0.3 is 66.9 Å². The number of anilines is 1. The van der Waals surface area contributed by atoms with Crippen LogP contribution in [-0.4, -0.2) is 171 Å². The molecule has 0 atom stereocenters. The highest BCUT2D eigenvalue weighted by molar-refractivity contribution is 5.88. The third-order valence-corrected chi connectivity index (χ3v) is 5.84. The lowest BCUT2D eigenvalue weighted by Crippen LogP contribution is -2.16. The Hall–Kier alpha value is -2.48. The summed E-state index contributed by atoms with van der Waals surface area (Å²) in [6.45, 7) is 11.6. The maximum atomic E-state index is 11.0. The van der Waals surface area contributed by atoms with Gasteiger partial charge in [-0.2, -0.15) is 0 Å². The summed E-state index contributed by atoms with van der Waals surface area (Å²) in [4.78, 5) is 21.9. The maximum absolute atomic E-state index is 11.0. The van der Waals surface area contributed by atoms with Gasteiger partial charge in [-0.1, -0.05) is 0 Å². The monoisotopic (exact) mass is 707 g/mol. The van der Waals surface area contributed by atoms with Crippen molar-refractivity contribution >= 4 is 17.6 Å². The molecular formula is C33H57NO15. The van der Waals surface area contributed by atoms with E-state index < -0.39 is 5.97 Å². The summed E-state index contributed by atoms with van der Waals surface area (Å²) in [6.07, 6.45) is 0. The first kappa shape index (κ1) is 44.5. The molecule has 1 amide bonds. The molecule has 0 saturated carbocycles. The van der Waals surface area contributed by atoms with E-state index in [0.29, 0.717) is 151 Å². The number of hydrogen-bond acceptors (Lipinski definition) is 15. The highest BCUT2D eigenvalue weighted by atomic mass is 16.6. The smallest absolute Gasteiger partial charge is 0.331 e. The summed E-state index contributed by atoms with van der Waals surface area (Å²) in [6, 6.07) is 7.16. The number of carbonyl (C=O) groups is 2. The lowest BCUT2D eigenvalue weighted by atomic mass is 10.3. The predicted octanol–water partition coefficient (Wildman–Crippen LogP) is 1.38. The molecule has 16 heteroatoms. The van der Waals surface area contributed by atoms with Gasteiger partial charge in [0.2, 0.25) is 5.91 Å². The number of carbonyl (C=O) groups excluding carboxylic acids is 2. The quantitative estimate of drug-likeness (QED) is 0.0778. The Bertz CT molecular complexity index is 878. The van der Waals surface area contributed by atoms with E-state index in [0.717, 1.165) is 5.69 Å². The van der Waals surface area contributed by atoms with Gasteiger partial charge in [0.1, 0.15) is 19.0 Å². The summed E-state index contributed by atoms with van der Waals surface area (Å²) in [5, 5.41) is 2.71. The van der Waals surface area contributed by atoms with Gasteiger partial charge in [0, 0.05) is 12.6 Å². The van der Waals surface area contributed by atoms with Crippen molar-refractivity contribution in [1.82, 2.24) is 0 Å². The van der Waals surface area contributed by atoms with E-state index in [2.05, 4.69) is 10.1 Å². The molecule has 0 aliphatic heterocycles. The van der Waals surface area contributed by atoms with E-state index in [4.69, 9.17) is 56.8 Å². The molecule has 284 valence electrons. The van der Waals surface area contributed by atoms with Crippen LogP contribution in [0.25, 0.3) is 0 Å². The average molecular weight is 708 g/mol. The fraction of sp³-hybridized carbons (Fsp3) is 0.758. The van der Waals surface area contributed by atoms with Crippen LogP contribution in [0.15, 0.2) is 24.3 Å². The molecule has 0 aliphatic carbocycles. The van der Waals surface area contributed by atoms with Crippen LogP contribution >= 0.6 is 0 Å². The molecule has 0 spiro atoms. The number of ether oxygens (including phenoxy) is 13. The zero-order valence-electron chi connectivity index (χ0n) is 29.2. The minimum Gasteiger partial charge on any atom is -0.491 e. The number of methoxy groups -OCH3 is 1. The lowest BCUT2D eigenvalue weighted by Gasteiger charge is -2.09. The van der Waals surface area contributed by atoms with Crippen molar-refractivity contribution in [2.45, 2.75) is 6.92 Å². The molecule has 0 aromatic heterocycles. The number of rotatable bonds is 37. The summed E-state index contributed by atoms with van der Waals surface area (Å²) in [7, 11) is 1.31. The molecular weight excluding hydrogens is 650 g/mol. The van der Waals surface area contributed by atoms with Crippen LogP contribution in [0.5, 0.6) is 5.75 Å². The van der Waals surface area contributed by atoms with Crippen molar-refractivity contribution in [2.75, 3.05) is 164 Å². The van der Waals surface area contributed by atoms with Crippen molar-refractivity contribution in [3.8, 4) is 5.75 Å². The van der Waals surface area contributed by atoms with Crippen LogP contribution in [0.1, 0.15) is 6.92 Å². The Balaban J connectivity index is 1.66. The lowest BCUT2D eigenvalue weighted by molar-refractivity contribution is -0.146. The van der Waals surface area contributed by atoms with Gasteiger partial charge in [-0.25, -0.2) is 4.79 Å². The highest BCUT2D eigenvalue weighted by Gasteiger charge is 2.00. The second kappa shape index (κ2) is 35.3. The number of amides is 1. The van der Waals surface area contributed by atoms with Gasteiger partial charge in [0.25, 0.3) is 0 Å². The Labute approximate surface area is 290 Å². The van der Waals surface area contributed by atoms with E-state index in [-0.39, 0.29) is 12.5 Å². The van der Waals surface area contributed by atoms with Gasteiger partial charge in [0.15, 0.2) is 0 Å². The molecule has 1 rings (SSSR count). The third-order valence-electron chi connectivity index (χ3n) is 5.84. The first-order valence-electron chi connectivity index (χ1n) is 16.5. The number of nitrogens with one attached hydrogen (secondary N) is 1. The van der Waals surface area contributed by atoms with Crippen molar-refractivity contribution < 1.29 is 71.2 Å². The Morgan fingerprint density at radius 2 is 0.735 bits per heavy atom. The van der Waals surface area contributed by atoms with E-state index in [1.165, 1.54) is 14.0 Å². The highest BCUT2D eigenvalue weighted by Crippen LogP contribution is 2.15. The number of hydrogen-bond donors (Lipinski definition) is 1. The van der Waals surface area contributed by atoms with E-state index in [1.807, 2.05) is 0 Å². The minimum absolute atomic E-state index is 0.0746.